The molecule has 0 heterocycles. The Labute approximate surface area is 135 Å². The average Bonchev–Trinajstić information content (AvgIpc) is 2.55. The highest BCUT2D eigenvalue weighted by atomic mass is 35.5. The molecule has 22 heavy (non-hydrogen) atoms. The third-order valence-electron chi connectivity index (χ3n) is 3.29. The van der Waals surface area contributed by atoms with E-state index in [1.54, 1.807) is 0 Å². The number of urea groups is 1. The highest BCUT2D eigenvalue weighted by Gasteiger charge is 2.16. The zero-order valence-corrected chi connectivity index (χ0v) is 12.9. The Bertz CT molecular complexity index is 605. The normalized spacial score (nSPS) is 11.7. The molecule has 0 fully saturated rings. The molecule has 1 unspecified atom stereocenters. The fourth-order valence-corrected chi connectivity index (χ4v) is 2.41. The second kappa shape index (κ2) is 8.41. The molecule has 116 valence electrons. The molecule has 0 aliphatic carbocycles. The van der Waals surface area contributed by atoms with Gasteiger partial charge in [-0.25, -0.2) is 4.79 Å². The molecule has 0 spiro atoms. The Morgan fingerprint density at radius 3 is 2.45 bits per heavy atom. The number of halogens is 1. The summed E-state index contributed by atoms with van der Waals surface area (Å²) in [5.74, 6) is 0. The molecule has 3 N–H and O–H groups in total. The maximum atomic E-state index is 11.9. The van der Waals surface area contributed by atoms with Gasteiger partial charge in [0, 0.05) is 11.6 Å². The van der Waals surface area contributed by atoms with Crippen LogP contribution in [0.2, 0.25) is 5.02 Å². The monoisotopic (exact) mass is 318 g/mol. The minimum atomic E-state index is -0.310. The number of aliphatic hydroxyl groups excluding tert-OH is 1. The van der Waals surface area contributed by atoms with Gasteiger partial charge in [-0.05, 0) is 23.6 Å². The number of rotatable bonds is 6. The first-order valence-corrected chi connectivity index (χ1v) is 7.52. The van der Waals surface area contributed by atoms with Gasteiger partial charge in [0.25, 0.3) is 0 Å². The van der Waals surface area contributed by atoms with E-state index >= 15 is 0 Å². The van der Waals surface area contributed by atoms with Crippen molar-refractivity contribution >= 4 is 17.6 Å². The molecule has 2 amide bonds. The standard InChI is InChI=1S/C17H19ClN2O2/c18-15-9-5-4-8-14(15)12-16(13-6-2-1-3-7-13)20-17(22)19-10-11-21/h1-9,16,21H,10-12H2,(H2,19,20,22). The number of hydrogen-bond acceptors (Lipinski definition) is 2. The topological polar surface area (TPSA) is 61.4 Å². The van der Waals surface area contributed by atoms with E-state index in [2.05, 4.69) is 10.6 Å². The Balaban J connectivity index is 2.15. The van der Waals surface area contributed by atoms with Crippen molar-refractivity contribution in [2.45, 2.75) is 12.5 Å². The highest BCUT2D eigenvalue weighted by molar-refractivity contribution is 6.31. The Kier molecular flexibility index (Phi) is 6.25. The lowest BCUT2D eigenvalue weighted by Gasteiger charge is -2.20. The van der Waals surface area contributed by atoms with Gasteiger partial charge in [0.1, 0.15) is 0 Å². The molecule has 0 aliphatic heterocycles. The minimum Gasteiger partial charge on any atom is -0.395 e. The summed E-state index contributed by atoms with van der Waals surface area (Å²) in [6.45, 7) is 0.132. The van der Waals surface area contributed by atoms with Crippen LogP contribution in [0.4, 0.5) is 4.79 Å². The van der Waals surface area contributed by atoms with Crippen molar-refractivity contribution in [3.63, 3.8) is 0 Å². The summed E-state index contributed by atoms with van der Waals surface area (Å²) < 4.78 is 0. The number of nitrogens with one attached hydrogen (secondary N) is 2. The van der Waals surface area contributed by atoms with Crippen LogP contribution in [0.3, 0.4) is 0 Å². The third kappa shape index (κ3) is 4.76. The van der Waals surface area contributed by atoms with Crippen molar-refractivity contribution in [1.29, 1.82) is 0 Å². The van der Waals surface area contributed by atoms with Gasteiger partial charge >= 0.3 is 6.03 Å². The van der Waals surface area contributed by atoms with Crippen molar-refractivity contribution in [3.05, 3.63) is 70.7 Å². The van der Waals surface area contributed by atoms with Gasteiger partial charge in [0.15, 0.2) is 0 Å². The lowest BCUT2D eigenvalue weighted by atomic mass is 9.99. The molecule has 0 saturated carbocycles. The number of aliphatic hydroxyl groups is 1. The molecule has 0 aliphatic rings. The van der Waals surface area contributed by atoms with E-state index in [9.17, 15) is 4.79 Å². The quantitative estimate of drug-likeness (QED) is 0.767. The predicted octanol–water partition coefficient (Wildman–Crippen LogP) is 2.92. The summed E-state index contributed by atoms with van der Waals surface area (Å²) in [7, 11) is 0. The number of hydrogen-bond donors (Lipinski definition) is 3. The van der Waals surface area contributed by atoms with Crippen LogP contribution in [0.25, 0.3) is 0 Å². The van der Waals surface area contributed by atoms with Gasteiger partial charge in [0.2, 0.25) is 0 Å². The molecule has 4 nitrogen and oxygen atoms in total. The molecule has 2 aromatic carbocycles. The number of benzene rings is 2. The second-order valence-electron chi connectivity index (χ2n) is 4.88. The number of carbonyl (C=O) groups is 1. The molecule has 0 aromatic heterocycles. The van der Waals surface area contributed by atoms with Gasteiger partial charge in [-0.15, -0.1) is 0 Å². The van der Waals surface area contributed by atoms with E-state index in [1.807, 2.05) is 54.6 Å². The van der Waals surface area contributed by atoms with Crippen LogP contribution in [-0.2, 0) is 6.42 Å². The van der Waals surface area contributed by atoms with E-state index < -0.39 is 0 Å². The number of amides is 2. The Hall–Kier alpha value is -2.04. The van der Waals surface area contributed by atoms with Crippen LogP contribution in [-0.4, -0.2) is 24.3 Å². The molecule has 2 aromatic rings. The maximum absolute atomic E-state index is 11.9. The van der Waals surface area contributed by atoms with E-state index in [0.717, 1.165) is 11.1 Å². The van der Waals surface area contributed by atoms with Crippen molar-refractivity contribution in [2.75, 3.05) is 13.2 Å². The SMILES string of the molecule is O=C(NCCO)NC(Cc1ccccc1Cl)c1ccccc1. The third-order valence-corrected chi connectivity index (χ3v) is 3.66. The first-order chi connectivity index (χ1) is 10.7. The smallest absolute Gasteiger partial charge is 0.315 e. The van der Waals surface area contributed by atoms with Crippen LogP contribution in [0.15, 0.2) is 54.6 Å². The van der Waals surface area contributed by atoms with Crippen molar-refractivity contribution in [1.82, 2.24) is 10.6 Å². The predicted molar refractivity (Wildman–Crippen MR) is 88.0 cm³/mol. The largest absolute Gasteiger partial charge is 0.395 e. The Morgan fingerprint density at radius 2 is 1.77 bits per heavy atom. The lowest BCUT2D eigenvalue weighted by Crippen LogP contribution is -2.39. The van der Waals surface area contributed by atoms with Gasteiger partial charge in [-0.3, -0.25) is 0 Å². The van der Waals surface area contributed by atoms with E-state index in [-0.39, 0.29) is 25.2 Å². The van der Waals surface area contributed by atoms with Gasteiger partial charge < -0.3 is 15.7 Å². The van der Waals surface area contributed by atoms with Crippen molar-refractivity contribution in [2.24, 2.45) is 0 Å². The van der Waals surface area contributed by atoms with Crippen LogP contribution < -0.4 is 10.6 Å². The van der Waals surface area contributed by atoms with Crippen LogP contribution in [0, 0.1) is 0 Å². The molecular formula is C17H19ClN2O2. The summed E-state index contributed by atoms with van der Waals surface area (Å²) in [6, 6.07) is 16.8. The van der Waals surface area contributed by atoms with Crippen LogP contribution >= 0.6 is 11.6 Å². The molecule has 0 saturated heterocycles. The van der Waals surface area contributed by atoms with Gasteiger partial charge in [-0.1, -0.05) is 60.1 Å². The maximum Gasteiger partial charge on any atom is 0.315 e. The summed E-state index contributed by atoms with van der Waals surface area (Å²) in [5.41, 5.74) is 1.97. The molecular weight excluding hydrogens is 300 g/mol. The molecule has 5 heteroatoms. The van der Waals surface area contributed by atoms with E-state index in [1.165, 1.54) is 0 Å². The first-order valence-electron chi connectivity index (χ1n) is 7.14. The van der Waals surface area contributed by atoms with E-state index in [0.29, 0.717) is 11.4 Å². The van der Waals surface area contributed by atoms with Crippen molar-refractivity contribution < 1.29 is 9.90 Å². The summed E-state index contributed by atoms with van der Waals surface area (Å²) in [6.07, 6.45) is 0.593. The molecule has 1 atom stereocenters. The zero-order chi connectivity index (χ0) is 15.8. The van der Waals surface area contributed by atoms with E-state index in [4.69, 9.17) is 16.7 Å². The Morgan fingerprint density at radius 1 is 1.09 bits per heavy atom. The summed E-state index contributed by atoms with van der Waals surface area (Å²) in [4.78, 5) is 11.9. The molecule has 0 bridgehead atoms. The van der Waals surface area contributed by atoms with Crippen LogP contribution in [0.1, 0.15) is 17.2 Å². The highest BCUT2D eigenvalue weighted by Crippen LogP contribution is 2.23. The summed E-state index contributed by atoms with van der Waals surface area (Å²) >= 11 is 6.21. The van der Waals surface area contributed by atoms with Gasteiger partial charge in [0.05, 0.1) is 12.6 Å². The average molecular weight is 319 g/mol. The zero-order valence-electron chi connectivity index (χ0n) is 12.1. The summed E-state index contributed by atoms with van der Waals surface area (Å²) in [5, 5.41) is 15.0. The minimum absolute atomic E-state index is 0.0893. The lowest BCUT2D eigenvalue weighted by molar-refractivity contribution is 0.230. The molecule has 0 radical (unpaired) electrons. The van der Waals surface area contributed by atoms with Crippen LogP contribution in [0.5, 0.6) is 0 Å². The fourth-order valence-electron chi connectivity index (χ4n) is 2.20. The van der Waals surface area contributed by atoms with Crippen molar-refractivity contribution in [3.8, 4) is 0 Å². The molecule has 2 rings (SSSR count). The van der Waals surface area contributed by atoms with Gasteiger partial charge in [-0.2, -0.15) is 0 Å². The number of carbonyl (C=O) groups excluding carboxylic acids is 1. The first kappa shape index (κ1) is 16.3. The fraction of sp³-hybridized carbons (Fsp3) is 0.235. The second-order valence-corrected chi connectivity index (χ2v) is 5.29.